The van der Waals surface area contributed by atoms with Crippen LogP contribution in [0.2, 0.25) is 0 Å². The molecule has 1 amide bonds. The van der Waals surface area contributed by atoms with E-state index >= 15 is 0 Å². The van der Waals surface area contributed by atoms with Crippen molar-refractivity contribution in [2.24, 2.45) is 11.1 Å². The van der Waals surface area contributed by atoms with Crippen LogP contribution in [0, 0.1) is 5.41 Å². The molecule has 0 aromatic rings. The smallest absolute Gasteiger partial charge is 0.327 e. The minimum atomic E-state index is -0.918. The van der Waals surface area contributed by atoms with Crippen molar-refractivity contribution in [2.45, 2.75) is 70.8 Å². The van der Waals surface area contributed by atoms with E-state index in [2.05, 4.69) is 20.8 Å². The van der Waals surface area contributed by atoms with Crippen LogP contribution in [-0.4, -0.2) is 45.1 Å². The van der Waals surface area contributed by atoms with E-state index in [0.717, 1.165) is 19.3 Å². The van der Waals surface area contributed by atoms with Gasteiger partial charge in [0.2, 0.25) is 5.91 Å². The topological polar surface area (TPSA) is 83.6 Å². The number of carboxylic acids is 1. The fourth-order valence-electron chi connectivity index (χ4n) is 2.75. The maximum atomic E-state index is 12.5. The molecule has 1 aliphatic heterocycles. The first-order chi connectivity index (χ1) is 9.65. The van der Waals surface area contributed by atoms with Gasteiger partial charge >= 0.3 is 5.97 Å². The molecule has 6 heteroatoms. The Bertz CT molecular complexity index is 382. The van der Waals surface area contributed by atoms with E-state index in [0.29, 0.717) is 5.75 Å². The molecule has 0 aliphatic carbocycles. The summed E-state index contributed by atoms with van der Waals surface area (Å²) >= 11 is 1.56. The van der Waals surface area contributed by atoms with E-state index in [1.54, 1.807) is 16.7 Å². The third-order valence-electron chi connectivity index (χ3n) is 3.51. The Morgan fingerprint density at radius 3 is 2.52 bits per heavy atom. The summed E-state index contributed by atoms with van der Waals surface area (Å²) in [5.74, 6) is -0.568. The summed E-state index contributed by atoms with van der Waals surface area (Å²) in [5, 5.41) is 9.28. The predicted octanol–water partition coefficient (Wildman–Crippen LogP) is 2.29. The maximum Gasteiger partial charge on any atom is 0.327 e. The third-order valence-corrected chi connectivity index (χ3v) is 4.87. The molecule has 1 rings (SSSR count). The van der Waals surface area contributed by atoms with Crippen LogP contribution >= 0.6 is 11.8 Å². The van der Waals surface area contributed by atoms with Crippen LogP contribution in [-0.2, 0) is 9.59 Å². The van der Waals surface area contributed by atoms with Crippen LogP contribution in [0.5, 0.6) is 0 Å². The maximum absolute atomic E-state index is 12.5. The third kappa shape index (κ3) is 5.51. The number of carbonyl (C=O) groups excluding carboxylic acids is 1. The fraction of sp³-hybridized carbons (Fsp3) is 0.867. The van der Waals surface area contributed by atoms with E-state index in [-0.39, 0.29) is 29.2 Å². The van der Waals surface area contributed by atoms with E-state index in [4.69, 9.17) is 5.73 Å². The van der Waals surface area contributed by atoms with Gasteiger partial charge < -0.3 is 15.7 Å². The zero-order valence-electron chi connectivity index (χ0n) is 13.5. The van der Waals surface area contributed by atoms with Gasteiger partial charge in [-0.1, -0.05) is 34.1 Å². The molecule has 1 aliphatic rings. The summed E-state index contributed by atoms with van der Waals surface area (Å²) in [6.07, 6.45) is 2.73. The molecule has 0 aromatic heterocycles. The summed E-state index contributed by atoms with van der Waals surface area (Å²) in [6, 6.07) is -0.930. The first kappa shape index (κ1) is 18.3. The lowest BCUT2D eigenvalue weighted by atomic mass is 9.87. The van der Waals surface area contributed by atoms with Crippen LogP contribution < -0.4 is 5.73 Å². The number of aliphatic carboxylic acids is 1. The number of rotatable bonds is 6. The van der Waals surface area contributed by atoms with E-state index < -0.39 is 12.0 Å². The Morgan fingerprint density at radius 2 is 2.05 bits per heavy atom. The van der Waals surface area contributed by atoms with Crippen LogP contribution in [0.15, 0.2) is 0 Å². The van der Waals surface area contributed by atoms with Crippen molar-refractivity contribution in [1.29, 1.82) is 0 Å². The molecule has 0 bridgehead atoms. The van der Waals surface area contributed by atoms with Gasteiger partial charge in [0.25, 0.3) is 0 Å². The first-order valence-corrected chi connectivity index (χ1v) is 8.61. The second kappa shape index (κ2) is 7.49. The lowest BCUT2D eigenvalue weighted by Crippen LogP contribution is -2.47. The summed E-state index contributed by atoms with van der Waals surface area (Å²) in [7, 11) is 0. The molecular weight excluding hydrogens is 288 g/mol. The van der Waals surface area contributed by atoms with E-state index in [9.17, 15) is 14.7 Å². The van der Waals surface area contributed by atoms with Gasteiger partial charge in [0.05, 0.1) is 5.37 Å². The average Bonchev–Trinajstić information content (AvgIpc) is 2.70. The zero-order valence-corrected chi connectivity index (χ0v) is 14.3. The SMILES string of the molecule is CCCC1SCC(C(=O)O)N1C(=O)CC(N)CC(C)(C)C. The highest BCUT2D eigenvalue weighted by atomic mass is 32.2. The molecule has 0 radical (unpaired) electrons. The Morgan fingerprint density at radius 1 is 1.43 bits per heavy atom. The van der Waals surface area contributed by atoms with Crippen molar-refractivity contribution in [3.8, 4) is 0 Å². The van der Waals surface area contributed by atoms with E-state index in [1.807, 2.05) is 6.92 Å². The van der Waals surface area contributed by atoms with Gasteiger partial charge in [0.1, 0.15) is 6.04 Å². The number of carbonyl (C=O) groups is 2. The monoisotopic (exact) mass is 316 g/mol. The summed E-state index contributed by atoms with van der Waals surface area (Å²) in [6.45, 7) is 8.30. The van der Waals surface area contributed by atoms with E-state index in [1.165, 1.54) is 0 Å². The number of thioether (sulfide) groups is 1. The average molecular weight is 316 g/mol. The normalized spacial score (nSPS) is 24.1. The second-order valence-electron chi connectivity index (χ2n) is 6.96. The first-order valence-electron chi connectivity index (χ1n) is 7.57. The number of hydrogen-bond donors (Lipinski definition) is 2. The van der Waals surface area contributed by atoms with Crippen molar-refractivity contribution >= 4 is 23.6 Å². The van der Waals surface area contributed by atoms with Gasteiger partial charge in [-0.15, -0.1) is 11.8 Å². The highest BCUT2D eigenvalue weighted by Crippen LogP contribution is 2.33. The number of nitrogens with two attached hydrogens (primary N) is 1. The van der Waals surface area contributed by atoms with Gasteiger partial charge in [-0.25, -0.2) is 4.79 Å². The molecule has 0 aromatic carbocycles. The van der Waals surface area contributed by atoms with Crippen LogP contribution in [0.4, 0.5) is 0 Å². The second-order valence-corrected chi connectivity index (χ2v) is 8.17. The lowest BCUT2D eigenvalue weighted by molar-refractivity contribution is -0.149. The van der Waals surface area contributed by atoms with Gasteiger partial charge in [0, 0.05) is 18.2 Å². The molecule has 3 unspecified atom stereocenters. The molecule has 1 fully saturated rings. The highest BCUT2D eigenvalue weighted by Gasteiger charge is 2.41. The fourth-order valence-corrected chi connectivity index (χ4v) is 4.28. The van der Waals surface area contributed by atoms with Gasteiger partial charge in [-0.2, -0.15) is 0 Å². The zero-order chi connectivity index (χ0) is 16.2. The molecule has 0 saturated carbocycles. The molecule has 1 saturated heterocycles. The lowest BCUT2D eigenvalue weighted by Gasteiger charge is -2.29. The molecule has 3 atom stereocenters. The predicted molar refractivity (Wildman–Crippen MR) is 86.1 cm³/mol. The Labute approximate surface area is 131 Å². The van der Waals surface area contributed by atoms with Crippen LogP contribution in [0.3, 0.4) is 0 Å². The van der Waals surface area contributed by atoms with Crippen molar-refractivity contribution in [3.63, 3.8) is 0 Å². The number of nitrogens with zero attached hydrogens (tertiary/aromatic N) is 1. The van der Waals surface area contributed by atoms with Crippen molar-refractivity contribution in [3.05, 3.63) is 0 Å². The summed E-state index contributed by atoms with van der Waals surface area (Å²) in [5.41, 5.74) is 6.13. The molecule has 21 heavy (non-hydrogen) atoms. The summed E-state index contributed by atoms with van der Waals surface area (Å²) < 4.78 is 0. The molecule has 3 N–H and O–H groups in total. The molecule has 1 heterocycles. The molecule has 5 nitrogen and oxygen atoms in total. The number of amides is 1. The van der Waals surface area contributed by atoms with Crippen molar-refractivity contribution in [1.82, 2.24) is 4.90 Å². The number of hydrogen-bond acceptors (Lipinski definition) is 4. The van der Waals surface area contributed by atoms with Crippen LogP contribution in [0.25, 0.3) is 0 Å². The quantitative estimate of drug-likeness (QED) is 0.785. The van der Waals surface area contributed by atoms with Crippen LogP contribution in [0.1, 0.15) is 53.4 Å². The van der Waals surface area contributed by atoms with Gasteiger partial charge in [-0.05, 0) is 18.3 Å². The number of carboxylic acid groups (broad SMARTS) is 1. The van der Waals surface area contributed by atoms with Gasteiger partial charge in [0.15, 0.2) is 0 Å². The largest absolute Gasteiger partial charge is 0.480 e. The Kier molecular flexibility index (Phi) is 6.53. The standard InChI is InChI=1S/C15H28N2O3S/c1-5-6-13-17(11(9-21-13)14(19)20)12(18)7-10(16)8-15(2,3)4/h10-11,13H,5-9,16H2,1-4H3,(H,19,20). The van der Waals surface area contributed by atoms with Crippen molar-refractivity contribution < 1.29 is 14.7 Å². The highest BCUT2D eigenvalue weighted by molar-refractivity contribution is 8.00. The van der Waals surface area contributed by atoms with Gasteiger partial charge in [-0.3, -0.25) is 4.79 Å². The minimum absolute atomic E-state index is 0.0227. The molecular formula is C15H28N2O3S. The minimum Gasteiger partial charge on any atom is -0.480 e. The summed E-state index contributed by atoms with van der Waals surface area (Å²) in [4.78, 5) is 25.4. The molecule has 122 valence electrons. The Hall–Kier alpha value is -0.750. The van der Waals surface area contributed by atoms with Crippen molar-refractivity contribution in [2.75, 3.05) is 5.75 Å². The molecule has 0 spiro atoms. The Balaban J connectivity index is 2.73.